The molecule has 74 valence electrons. The number of nitrogens with zero attached hydrogens (tertiary/aromatic N) is 3. The average Bonchev–Trinajstić information content (AvgIpc) is 2.32. The average molecular weight is 215 g/mol. The summed E-state index contributed by atoms with van der Waals surface area (Å²) in [7, 11) is 0. The molecule has 0 aliphatic heterocycles. The van der Waals surface area contributed by atoms with Gasteiger partial charge in [-0.05, 0) is 24.3 Å². The van der Waals surface area contributed by atoms with E-state index in [0.29, 0.717) is 5.82 Å². The Morgan fingerprint density at radius 2 is 1.73 bits per heavy atom. The molecule has 0 atom stereocenters. The zero-order chi connectivity index (χ0) is 10.3. The van der Waals surface area contributed by atoms with Gasteiger partial charge in [0.2, 0.25) is 0 Å². The lowest BCUT2D eigenvalue weighted by atomic mass is 10.4. The molecule has 15 heavy (non-hydrogen) atoms. The molecule has 0 aliphatic rings. The topological polar surface area (TPSA) is 37.6 Å². The SMILES string of the molecule is c1ccc(S/N=N/c2ccccn2)cc1. The molecule has 1 heterocycles. The first-order valence-electron chi connectivity index (χ1n) is 4.49. The van der Waals surface area contributed by atoms with Gasteiger partial charge in [0.1, 0.15) is 0 Å². The Bertz CT molecular complexity index is 428. The van der Waals surface area contributed by atoms with E-state index in [2.05, 4.69) is 14.6 Å². The first-order valence-corrected chi connectivity index (χ1v) is 5.26. The number of hydrogen-bond acceptors (Lipinski definition) is 4. The fourth-order valence-electron chi connectivity index (χ4n) is 1.00. The quantitative estimate of drug-likeness (QED) is 0.575. The Labute approximate surface area is 92.4 Å². The minimum absolute atomic E-state index is 0.626. The van der Waals surface area contributed by atoms with Gasteiger partial charge in [0.25, 0.3) is 0 Å². The van der Waals surface area contributed by atoms with E-state index in [4.69, 9.17) is 0 Å². The molecule has 2 rings (SSSR count). The smallest absolute Gasteiger partial charge is 0.175 e. The summed E-state index contributed by atoms with van der Waals surface area (Å²) in [5, 5.41) is 3.98. The van der Waals surface area contributed by atoms with Gasteiger partial charge in [0.15, 0.2) is 5.82 Å². The van der Waals surface area contributed by atoms with Crippen molar-refractivity contribution in [2.75, 3.05) is 0 Å². The highest BCUT2D eigenvalue weighted by Gasteiger charge is 1.90. The molecule has 0 unspecified atom stereocenters. The van der Waals surface area contributed by atoms with Crippen LogP contribution in [0.3, 0.4) is 0 Å². The van der Waals surface area contributed by atoms with Gasteiger partial charge >= 0.3 is 0 Å². The number of hydrogen-bond donors (Lipinski definition) is 0. The standard InChI is InChI=1S/C11H9N3S/c1-2-6-10(7-3-1)15-14-13-11-8-4-5-9-12-11/h1-9H/b14-13+. The van der Waals surface area contributed by atoms with E-state index >= 15 is 0 Å². The molecule has 0 saturated heterocycles. The zero-order valence-corrected chi connectivity index (χ0v) is 8.76. The van der Waals surface area contributed by atoms with Crippen molar-refractivity contribution in [3.63, 3.8) is 0 Å². The van der Waals surface area contributed by atoms with Gasteiger partial charge in [-0.15, -0.1) is 9.63 Å². The van der Waals surface area contributed by atoms with Crippen molar-refractivity contribution in [2.45, 2.75) is 4.90 Å². The van der Waals surface area contributed by atoms with Gasteiger partial charge in [0, 0.05) is 23.0 Å². The molecular weight excluding hydrogens is 206 g/mol. The first kappa shape index (κ1) is 9.86. The van der Waals surface area contributed by atoms with Gasteiger partial charge in [-0.1, -0.05) is 24.3 Å². The summed E-state index contributed by atoms with van der Waals surface area (Å²) >= 11 is 1.33. The van der Waals surface area contributed by atoms with Crippen LogP contribution in [0.25, 0.3) is 0 Å². The van der Waals surface area contributed by atoms with E-state index in [1.54, 1.807) is 6.20 Å². The van der Waals surface area contributed by atoms with Crippen LogP contribution in [0.5, 0.6) is 0 Å². The lowest BCUT2D eigenvalue weighted by Crippen LogP contribution is -1.68. The van der Waals surface area contributed by atoms with Crippen molar-refractivity contribution in [1.82, 2.24) is 4.98 Å². The largest absolute Gasteiger partial charge is 0.236 e. The second-order valence-corrected chi connectivity index (χ2v) is 3.59. The van der Waals surface area contributed by atoms with Crippen molar-refractivity contribution in [3.05, 3.63) is 54.7 Å². The van der Waals surface area contributed by atoms with Crippen LogP contribution in [0.2, 0.25) is 0 Å². The highest BCUT2D eigenvalue weighted by atomic mass is 32.2. The van der Waals surface area contributed by atoms with Crippen molar-refractivity contribution in [3.8, 4) is 0 Å². The van der Waals surface area contributed by atoms with Gasteiger partial charge in [0.05, 0.1) is 0 Å². The second-order valence-electron chi connectivity index (χ2n) is 2.77. The van der Waals surface area contributed by atoms with Crippen molar-refractivity contribution in [2.24, 2.45) is 9.63 Å². The van der Waals surface area contributed by atoms with E-state index in [-0.39, 0.29) is 0 Å². The summed E-state index contributed by atoms with van der Waals surface area (Å²) < 4.78 is 3.99. The van der Waals surface area contributed by atoms with Gasteiger partial charge in [-0.25, -0.2) is 4.98 Å². The molecule has 0 bridgehead atoms. The van der Waals surface area contributed by atoms with Crippen LogP contribution >= 0.6 is 11.9 Å². The highest BCUT2D eigenvalue weighted by Crippen LogP contribution is 2.20. The van der Waals surface area contributed by atoms with E-state index in [0.717, 1.165) is 4.90 Å². The number of rotatable bonds is 3. The third-order valence-corrected chi connectivity index (χ3v) is 2.33. The van der Waals surface area contributed by atoms with Gasteiger partial charge in [-0.3, -0.25) is 0 Å². The summed E-state index contributed by atoms with van der Waals surface area (Å²) in [4.78, 5) is 5.10. The molecule has 2 aromatic rings. The van der Waals surface area contributed by atoms with Gasteiger partial charge in [-0.2, -0.15) is 0 Å². The van der Waals surface area contributed by atoms with Crippen molar-refractivity contribution in [1.29, 1.82) is 0 Å². The maximum Gasteiger partial charge on any atom is 0.175 e. The minimum Gasteiger partial charge on any atom is -0.236 e. The van der Waals surface area contributed by atoms with Crippen LogP contribution in [0.1, 0.15) is 0 Å². The van der Waals surface area contributed by atoms with E-state index in [1.807, 2.05) is 48.5 Å². The number of benzene rings is 1. The molecule has 4 heteroatoms. The van der Waals surface area contributed by atoms with Crippen LogP contribution in [0.15, 0.2) is 69.3 Å². The monoisotopic (exact) mass is 215 g/mol. The summed E-state index contributed by atoms with van der Waals surface area (Å²) in [6, 6.07) is 15.4. The zero-order valence-electron chi connectivity index (χ0n) is 7.95. The molecular formula is C11H9N3S. The maximum atomic E-state index is 4.04. The molecule has 3 nitrogen and oxygen atoms in total. The molecule has 1 aromatic heterocycles. The fourth-order valence-corrected chi connectivity index (χ4v) is 1.50. The van der Waals surface area contributed by atoms with Crippen LogP contribution in [-0.2, 0) is 0 Å². The summed E-state index contributed by atoms with van der Waals surface area (Å²) in [6.07, 6.45) is 1.70. The van der Waals surface area contributed by atoms with E-state index in [9.17, 15) is 0 Å². The summed E-state index contributed by atoms with van der Waals surface area (Å²) in [6.45, 7) is 0. The first-order chi connectivity index (χ1) is 7.45. The Hall–Kier alpha value is -1.68. The van der Waals surface area contributed by atoms with Crippen molar-refractivity contribution >= 4 is 17.8 Å². The van der Waals surface area contributed by atoms with Crippen molar-refractivity contribution < 1.29 is 0 Å². The second kappa shape index (κ2) is 5.26. The predicted octanol–water partition coefficient (Wildman–Crippen LogP) is 3.87. The number of pyridine rings is 1. The fraction of sp³-hybridized carbons (Fsp3) is 0. The maximum absolute atomic E-state index is 4.04. The molecule has 0 fully saturated rings. The van der Waals surface area contributed by atoms with Crippen LogP contribution in [0, 0.1) is 0 Å². The Morgan fingerprint density at radius 1 is 0.933 bits per heavy atom. The summed E-state index contributed by atoms with van der Waals surface area (Å²) in [5.74, 6) is 0.626. The third kappa shape index (κ3) is 3.18. The van der Waals surface area contributed by atoms with Crippen LogP contribution in [-0.4, -0.2) is 4.98 Å². The minimum atomic E-state index is 0.626. The predicted molar refractivity (Wildman–Crippen MR) is 61.1 cm³/mol. The molecule has 0 amide bonds. The molecule has 0 spiro atoms. The number of aromatic nitrogens is 1. The molecule has 0 radical (unpaired) electrons. The van der Waals surface area contributed by atoms with E-state index in [1.165, 1.54) is 11.9 Å². The lowest BCUT2D eigenvalue weighted by Gasteiger charge is -1.91. The molecule has 0 saturated carbocycles. The summed E-state index contributed by atoms with van der Waals surface area (Å²) in [5.41, 5.74) is 0. The highest BCUT2D eigenvalue weighted by molar-refractivity contribution is 7.97. The molecule has 0 N–H and O–H groups in total. The molecule has 1 aromatic carbocycles. The Kier molecular flexibility index (Phi) is 3.46. The Morgan fingerprint density at radius 3 is 2.47 bits per heavy atom. The van der Waals surface area contributed by atoms with Crippen LogP contribution in [0.4, 0.5) is 5.82 Å². The normalized spacial score (nSPS) is 10.7. The third-order valence-electron chi connectivity index (χ3n) is 1.68. The Balaban J connectivity index is 1.97. The van der Waals surface area contributed by atoms with E-state index < -0.39 is 0 Å². The molecule has 0 aliphatic carbocycles. The van der Waals surface area contributed by atoms with Gasteiger partial charge < -0.3 is 0 Å². The van der Waals surface area contributed by atoms with Crippen LogP contribution < -0.4 is 0 Å². The lowest BCUT2D eigenvalue weighted by molar-refractivity contribution is 1.20.